The highest BCUT2D eigenvalue weighted by molar-refractivity contribution is 9.10. The molecule has 2 aromatic rings. The summed E-state index contributed by atoms with van der Waals surface area (Å²) < 4.78 is 0.687. The van der Waals surface area contributed by atoms with Crippen LogP contribution < -0.4 is 11.1 Å². The molecule has 0 spiro atoms. The third kappa shape index (κ3) is 3.90. The zero-order valence-electron chi connectivity index (χ0n) is 11.2. The number of hydrogen-bond donors (Lipinski definition) is 2. The Bertz CT molecular complexity index is 691. The number of halogens is 3. The lowest BCUT2D eigenvalue weighted by atomic mass is 10.1. The summed E-state index contributed by atoms with van der Waals surface area (Å²) in [5, 5.41) is 3.97. The highest BCUT2D eigenvalue weighted by atomic mass is 79.9. The second kappa shape index (κ2) is 6.69. The second-order valence-corrected chi connectivity index (χ2v) is 6.30. The van der Waals surface area contributed by atoms with Gasteiger partial charge in [-0.1, -0.05) is 29.3 Å². The van der Waals surface area contributed by atoms with E-state index in [1.165, 1.54) is 0 Å². The van der Waals surface area contributed by atoms with E-state index in [9.17, 15) is 4.79 Å². The first kappa shape index (κ1) is 16.1. The van der Waals surface area contributed by atoms with Gasteiger partial charge < -0.3 is 11.1 Å². The van der Waals surface area contributed by atoms with Gasteiger partial charge in [0, 0.05) is 25.8 Å². The molecule has 0 saturated heterocycles. The molecule has 0 saturated carbocycles. The standard InChI is InChI=1S/C15H13BrCl2N2O/c1-8(11-4-3-10(17)7-13(11)18)20-15(21)9-2-5-14(19)12(16)6-9/h2-8H,19H2,1H3,(H,20,21). The first-order valence-corrected chi connectivity index (χ1v) is 7.74. The van der Waals surface area contributed by atoms with Gasteiger partial charge in [0.05, 0.1) is 6.04 Å². The van der Waals surface area contributed by atoms with E-state index < -0.39 is 0 Å². The number of carbonyl (C=O) groups is 1. The molecule has 1 atom stereocenters. The van der Waals surface area contributed by atoms with Crippen LogP contribution in [-0.2, 0) is 0 Å². The topological polar surface area (TPSA) is 55.1 Å². The van der Waals surface area contributed by atoms with Crippen molar-refractivity contribution in [3.63, 3.8) is 0 Å². The number of benzene rings is 2. The van der Waals surface area contributed by atoms with Crippen LogP contribution in [0.25, 0.3) is 0 Å². The Morgan fingerprint density at radius 2 is 1.95 bits per heavy atom. The van der Waals surface area contributed by atoms with E-state index in [-0.39, 0.29) is 11.9 Å². The summed E-state index contributed by atoms with van der Waals surface area (Å²) in [4.78, 5) is 12.2. The molecule has 0 aliphatic rings. The molecule has 0 fully saturated rings. The largest absolute Gasteiger partial charge is 0.398 e. The van der Waals surface area contributed by atoms with Gasteiger partial charge in [-0.25, -0.2) is 0 Å². The monoisotopic (exact) mass is 386 g/mol. The minimum atomic E-state index is -0.237. The van der Waals surface area contributed by atoms with Crippen LogP contribution in [0.3, 0.4) is 0 Å². The Hall–Kier alpha value is -1.23. The molecule has 3 nitrogen and oxygen atoms in total. The van der Waals surface area contributed by atoms with Gasteiger partial charge in [0.2, 0.25) is 0 Å². The normalized spacial score (nSPS) is 12.0. The summed E-state index contributed by atoms with van der Waals surface area (Å²) in [6, 6.07) is 9.99. The SMILES string of the molecule is CC(NC(=O)c1ccc(N)c(Br)c1)c1ccc(Cl)cc1Cl. The maximum absolute atomic E-state index is 12.2. The van der Waals surface area contributed by atoms with Gasteiger partial charge in [-0.15, -0.1) is 0 Å². The van der Waals surface area contributed by atoms with Gasteiger partial charge >= 0.3 is 0 Å². The zero-order chi connectivity index (χ0) is 15.6. The van der Waals surface area contributed by atoms with E-state index in [0.29, 0.717) is 25.8 Å². The van der Waals surface area contributed by atoms with E-state index >= 15 is 0 Å². The molecule has 0 bridgehead atoms. The maximum Gasteiger partial charge on any atom is 0.251 e. The predicted octanol–water partition coefficient (Wildman–Crippen LogP) is 4.83. The van der Waals surface area contributed by atoms with Crippen molar-refractivity contribution >= 4 is 50.7 Å². The molecule has 2 rings (SSSR count). The highest BCUT2D eigenvalue weighted by Gasteiger charge is 2.14. The van der Waals surface area contributed by atoms with Crippen molar-refractivity contribution in [1.82, 2.24) is 5.32 Å². The number of amides is 1. The molecule has 21 heavy (non-hydrogen) atoms. The van der Waals surface area contributed by atoms with E-state index in [4.69, 9.17) is 28.9 Å². The molecule has 0 aliphatic heterocycles. The minimum absolute atomic E-state index is 0.200. The van der Waals surface area contributed by atoms with Gasteiger partial charge in [0.1, 0.15) is 0 Å². The van der Waals surface area contributed by atoms with Crippen LogP contribution in [0.4, 0.5) is 5.69 Å². The van der Waals surface area contributed by atoms with Crippen LogP contribution >= 0.6 is 39.1 Å². The molecule has 0 aromatic heterocycles. The van der Waals surface area contributed by atoms with Gasteiger partial charge in [-0.05, 0) is 58.7 Å². The molecular weight excluding hydrogens is 375 g/mol. The van der Waals surface area contributed by atoms with E-state index in [1.807, 2.05) is 6.92 Å². The van der Waals surface area contributed by atoms with Crippen molar-refractivity contribution < 1.29 is 4.79 Å². The number of nitrogens with two attached hydrogens (primary N) is 1. The number of carbonyl (C=O) groups excluding carboxylic acids is 1. The van der Waals surface area contributed by atoms with Gasteiger partial charge in [0.15, 0.2) is 0 Å². The zero-order valence-corrected chi connectivity index (χ0v) is 14.3. The van der Waals surface area contributed by atoms with Crippen LogP contribution in [0.2, 0.25) is 10.0 Å². The molecule has 0 radical (unpaired) electrons. The number of rotatable bonds is 3. The van der Waals surface area contributed by atoms with E-state index in [0.717, 1.165) is 5.56 Å². The van der Waals surface area contributed by atoms with Gasteiger partial charge in [-0.3, -0.25) is 4.79 Å². The summed E-state index contributed by atoms with van der Waals surface area (Å²) >= 11 is 15.3. The summed E-state index contributed by atoms with van der Waals surface area (Å²) in [7, 11) is 0. The van der Waals surface area contributed by atoms with Crippen LogP contribution in [0.5, 0.6) is 0 Å². The van der Waals surface area contributed by atoms with Gasteiger partial charge in [0.25, 0.3) is 5.91 Å². The van der Waals surface area contributed by atoms with Gasteiger partial charge in [-0.2, -0.15) is 0 Å². The summed E-state index contributed by atoms with van der Waals surface area (Å²) in [6.45, 7) is 1.86. The number of nitrogen functional groups attached to an aromatic ring is 1. The average Bonchev–Trinajstić information content (AvgIpc) is 2.41. The first-order chi connectivity index (χ1) is 9.88. The smallest absolute Gasteiger partial charge is 0.251 e. The quantitative estimate of drug-likeness (QED) is 0.741. The molecular formula is C15H13BrCl2N2O. The third-order valence-electron chi connectivity index (χ3n) is 3.04. The van der Waals surface area contributed by atoms with Crippen molar-refractivity contribution in [2.75, 3.05) is 5.73 Å². The van der Waals surface area contributed by atoms with Crippen molar-refractivity contribution in [2.45, 2.75) is 13.0 Å². The lowest BCUT2D eigenvalue weighted by Gasteiger charge is -2.16. The van der Waals surface area contributed by atoms with E-state index in [1.54, 1.807) is 36.4 Å². The Kier molecular flexibility index (Phi) is 5.14. The minimum Gasteiger partial charge on any atom is -0.398 e. The number of anilines is 1. The lowest BCUT2D eigenvalue weighted by Crippen LogP contribution is -2.26. The average molecular weight is 388 g/mol. The highest BCUT2D eigenvalue weighted by Crippen LogP contribution is 2.26. The fraction of sp³-hybridized carbons (Fsp3) is 0.133. The summed E-state index contributed by atoms with van der Waals surface area (Å²) in [6.07, 6.45) is 0. The third-order valence-corrected chi connectivity index (χ3v) is 4.29. The molecule has 6 heteroatoms. The Morgan fingerprint density at radius 1 is 1.24 bits per heavy atom. The fourth-order valence-corrected chi connectivity index (χ4v) is 2.83. The van der Waals surface area contributed by atoms with Crippen molar-refractivity contribution in [1.29, 1.82) is 0 Å². The molecule has 2 aromatic carbocycles. The van der Waals surface area contributed by atoms with Crippen LogP contribution in [0.15, 0.2) is 40.9 Å². The lowest BCUT2D eigenvalue weighted by molar-refractivity contribution is 0.0940. The van der Waals surface area contributed by atoms with Crippen LogP contribution in [0.1, 0.15) is 28.9 Å². The van der Waals surface area contributed by atoms with Crippen LogP contribution in [0, 0.1) is 0 Å². The number of nitrogens with one attached hydrogen (secondary N) is 1. The van der Waals surface area contributed by atoms with Crippen molar-refractivity contribution in [3.8, 4) is 0 Å². The summed E-state index contributed by atoms with van der Waals surface area (Å²) in [5.74, 6) is -0.200. The Morgan fingerprint density at radius 3 is 2.57 bits per heavy atom. The fourth-order valence-electron chi connectivity index (χ4n) is 1.88. The molecule has 3 N–H and O–H groups in total. The van der Waals surface area contributed by atoms with Crippen molar-refractivity contribution in [3.05, 3.63) is 62.0 Å². The second-order valence-electron chi connectivity index (χ2n) is 4.60. The Labute approximate surface area is 141 Å². The molecule has 0 aliphatic carbocycles. The maximum atomic E-state index is 12.2. The molecule has 1 amide bonds. The Balaban J connectivity index is 2.16. The summed E-state index contributed by atoms with van der Waals surface area (Å²) in [5.41, 5.74) is 7.62. The predicted molar refractivity (Wildman–Crippen MR) is 90.9 cm³/mol. The molecule has 0 heterocycles. The van der Waals surface area contributed by atoms with E-state index in [2.05, 4.69) is 21.2 Å². The van der Waals surface area contributed by atoms with Crippen LogP contribution in [-0.4, -0.2) is 5.91 Å². The van der Waals surface area contributed by atoms with Crippen molar-refractivity contribution in [2.24, 2.45) is 0 Å². The first-order valence-electron chi connectivity index (χ1n) is 6.19. The molecule has 1 unspecified atom stereocenters. The molecule has 110 valence electrons. The number of hydrogen-bond acceptors (Lipinski definition) is 2.